The molecular formula is C19H18N4O. The molecule has 0 saturated carbocycles. The zero-order chi connectivity index (χ0) is 16.7. The Morgan fingerprint density at radius 1 is 1.12 bits per heavy atom. The normalized spacial score (nSPS) is 12.6. The van der Waals surface area contributed by atoms with Gasteiger partial charge >= 0.3 is 0 Å². The summed E-state index contributed by atoms with van der Waals surface area (Å²) in [6, 6.07) is 13.5. The topological polar surface area (TPSA) is 73.6 Å². The third-order valence-corrected chi connectivity index (χ3v) is 4.23. The molecule has 1 atom stereocenters. The van der Waals surface area contributed by atoms with Gasteiger partial charge in [0, 0.05) is 17.3 Å². The smallest absolute Gasteiger partial charge is 0.251 e. The third kappa shape index (κ3) is 2.54. The Balaban J connectivity index is 1.57. The lowest BCUT2D eigenvalue weighted by Gasteiger charge is -2.11. The fourth-order valence-electron chi connectivity index (χ4n) is 2.89. The van der Waals surface area contributed by atoms with Crippen molar-refractivity contribution in [2.24, 2.45) is 0 Å². The highest BCUT2D eigenvalue weighted by Crippen LogP contribution is 2.18. The molecule has 0 saturated heterocycles. The van der Waals surface area contributed by atoms with Crippen molar-refractivity contribution in [3.8, 4) is 0 Å². The number of H-pyrrole nitrogens is 2. The molecule has 1 unspecified atom stereocenters. The molecule has 0 aliphatic carbocycles. The molecule has 0 radical (unpaired) electrons. The van der Waals surface area contributed by atoms with E-state index in [4.69, 9.17) is 0 Å². The lowest BCUT2D eigenvalue weighted by molar-refractivity contribution is 0.0938. The predicted octanol–water partition coefficient (Wildman–Crippen LogP) is 3.84. The average molecular weight is 318 g/mol. The van der Waals surface area contributed by atoms with Crippen molar-refractivity contribution in [1.82, 2.24) is 20.3 Å². The number of aromatic amines is 2. The summed E-state index contributed by atoms with van der Waals surface area (Å²) in [4.78, 5) is 23.5. The summed E-state index contributed by atoms with van der Waals surface area (Å²) in [5.74, 6) is 0.639. The minimum absolute atomic E-state index is 0.115. The van der Waals surface area contributed by atoms with Crippen molar-refractivity contribution in [1.29, 1.82) is 0 Å². The quantitative estimate of drug-likeness (QED) is 0.537. The van der Waals surface area contributed by atoms with E-state index in [0.717, 1.165) is 27.8 Å². The maximum atomic E-state index is 12.5. The SMILES string of the molecule is Cc1ccc2nc(C(C)NC(=O)c3ccc4cc[nH]c4c3)[nH]c2c1. The van der Waals surface area contributed by atoms with Gasteiger partial charge in [-0.15, -0.1) is 0 Å². The Hall–Kier alpha value is -3.08. The molecule has 0 fully saturated rings. The molecule has 24 heavy (non-hydrogen) atoms. The van der Waals surface area contributed by atoms with Crippen molar-refractivity contribution >= 4 is 27.8 Å². The highest BCUT2D eigenvalue weighted by molar-refractivity contribution is 5.98. The minimum atomic E-state index is -0.204. The second kappa shape index (κ2) is 5.53. The second-order valence-corrected chi connectivity index (χ2v) is 6.12. The number of aryl methyl sites for hydroxylation is 1. The molecule has 2 aromatic heterocycles. The van der Waals surface area contributed by atoms with Crippen molar-refractivity contribution in [2.75, 3.05) is 0 Å². The van der Waals surface area contributed by atoms with Crippen LogP contribution in [-0.2, 0) is 0 Å². The van der Waals surface area contributed by atoms with Gasteiger partial charge in [0.2, 0.25) is 0 Å². The summed E-state index contributed by atoms with van der Waals surface area (Å²) in [6.45, 7) is 3.97. The van der Waals surface area contributed by atoms with E-state index < -0.39 is 0 Å². The van der Waals surface area contributed by atoms with Crippen LogP contribution in [0.4, 0.5) is 0 Å². The molecule has 4 rings (SSSR count). The highest BCUT2D eigenvalue weighted by Gasteiger charge is 2.15. The third-order valence-electron chi connectivity index (χ3n) is 4.23. The number of amides is 1. The number of hydrogen-bond donors (Lipinski definition) is 3. The Kier molecular flexibility index (Phi) is 3.34. The lowest BCUT2D eigenvalue weighted by Crippen LogP contribution is -2.27. The second-order valence-electron chi connectivity index (χ2n) is 6.12. The van der Waals surface area contributed by atoms with Crippen LogP contribution >= 0.6 is 0 Å². The van der Waals surface area contributed by atoms with E-state index in [2.05, 4.69) is 26.3 Å². The van der Waals surface area contributed by atoms with Gasteiger partial charge in [-0.25, -0.2) is 4.98 Å². The molecule has 5 nitrogen and oxygen atoms in total. The molecule has 2 heterocycles. The molecule has 0 aliphatic rings. The maximum absolute atomic E-state index is 12.5. The zero-order valence-electron chi connectivity index (χ0n) is 13.6. The highest BCUT2D eigenvalue weighted by atomic mass is 16.1. The van der Waals surface area contributed by atoms with Gasteiger partial charge in [-0.3, -0.25) is 4.79 Å². The van der Waals surface area contributed by atoms with Crippen LogP contribution < -0.4 is 5.32 Å². The van der Waals surface area contributed by atoms with E-state index in [-0.39, 0.29) is 11.9 Å². The fourth-order valence-corrected chi connectivity index (χ4v) is 2.89. The van der Waals surface area contributed by atoms with Crippen LogP contribution in [-0.4, -0.2) is 20.9 Å². The van der Waals surface area contributed by atoms with Gasteiger partial charge in [0.15, 0.2) is 0 Å². The largest absolute Gasteiger partial charge is 0.361 e. The molecule has 0 aliphatic heterocycles. The molecule has 0 bridgehead atoms. The standard InChI is InChI=1S/C19H18N4O/c1-11-3-6-15-17(9-11)23-18(22-15)12(2)21-19(24)14-5-4-13-7-8-20-16(13)10-14/h3-10,12,20H,1-2H3,(H,21,24)(H,22,23). The van der Waals surface area contributed by atoms with Crippen LogP contribution in [0.25, 0.3) is 21.9 Å². The van der Waals surface area contributed by atoms with Crippen molar-refractivity contribution < 1.29 is 4.79 Å². The van der Waals surface area contributed by atoms with Gasteiger partial charge in [-0.05, 0) is 55.1 Å². The number of imidazole rings is 1. The van der Waals surface area contributed by atoms with E-state index in [1.165, 1.54) is 5.56 Å². The zero-order valence-corrected chi connectivity index (χ0v) is 13.6. The van der Waals surface area contributed by atoms with Crippen LogP contribution in [0, 0.1) is 6.92 Å². The molecule has 1 amide bonds. The van der Waals surface area contributed by atoms with Crippen LogP contribution in [0.5, 0.6) is 0 Å². The van der Waals surface area contributed by atoms with E-state index in [0.29, 0.717) is 5.56 Å². The van der Waals surface area contributed by atoms with Crippen molar-refractivity contribution in [3.05, 3.63) is 65.6 Å². The van der Waals surface area contributed by atoms with E-state index in [9.17, 15) is 4.79 Å². The number of rotatable bonds is 3. The minimum Gasteiger partial charge on any atom is -0.361 e. The van der Waals surface area contributed by atoms with Gasteiger partial charge in [0.1, 0.15) is 5.82 Å². The van der Waals surface area contributed by atoms with Gasteiger partial charge in [-0.1, -0.05) is 12.1 Å². The summed E-state index contributed by atoms with van der Waals surface area (Å²) in [5.41, 5.74) is 4.65. The number of carbonyl (C=O) groups excluding carboxylic acids is 1. The van der Waals surface area contributed by atoms with Crippen molar-refractivity contribution in [2.45, 2.75) is 19.9 Å². The summed E-state index contributed by atoms with van der Waals surface area (Å²) in [7, 11) is 0. The molecule has 120 valence electrons. The molecule has 2 aromatic carbocycles. The van der Waals surface area contributed by atoms with Gasteiger partial charge in [0.05, 0.1) is 17.1 Å². The van der Waals surface area contributed by atoms with Gasteiger partial charge in [-0.2, -0.15) is 0 Å². The summed E-state index contributed by atoms with van der Waals surface area (Å²) in [5, 5.41) is 4.09. The van der Waals surface area contributed by atoms with E-state index in [1.54, 1.807) is 0 Å². The summed E-state index contributed by atoms with van der Waals surface area (Å²) < 4.78 is 0. The molecule has 0 spiro atoms. The molecule has 3 N–H and O–H groups in total. The van der Waals surface area contributed by atoms with Crippen LogP contribution in [0.3, 0.4) is 0 Å². The van der Waals surface area contributed by atoms with Gasteiger partial charge in [0.25, 0.3) is 5.91 Å². The average Bonchev–Trinajstić information content (AvgIpc) is 3.19. The first-order valence-electron chi connectivity index (χ1n) is 7.94. The Bertz CT molecular complexity index is 1040. The maximum Gasteiger partial charge on any atom is 0.251 e. The molecule has 4 aromatic rings. The van der Waals surface area contributed by atoms with Crippen molar-refractivity contribution in [3.63, 3.8) is 0 Å². The Morgan fingerprint density at radius 3 is 2.88 bits per heavy atom. The van der Waals surface area contributed by atoms with Crippen LogP contribution in [0.15, 0.2) is 48.7 Å². The van der Waals surface area contributed by atoms with Crippen LogP contribution in [0.2, 0.25) is 0 Å². The monoisotopic (exact) mass is 318 g/mol. The lowest BCUT2D eigenvalue weighted by atomic mass is 10.1. The number of carbonyl (C=O) groups is 1. The number of nitrogens with zero attached hydrogens (tertiary/aromatic N) is 1. The number of aromatic nitrogens is 3. The first-order chi connectivity index (χ1) is 11.6. The summed E-state index contributed by atoms with van der Waals surface area (Å²) >= 11 is 0. The van der Waals surface area contributed by atoms with E-state index in [1.807, 2.05) is 56.4 Å². The number of hydrogen-bond acceptors (Lipinski definition) is 2. The number of nitrogens with one attached hydrogen (secondary N) is 3. The molecular weight excluding hydrogens is 300 g/mol. The Morgan fingerprint density at radius 2 is 2.00 bits per heavy atom. The molecule has 5 heteroatoms. The number of benzene rings is 2. The predicted molar refractivity (Wildman–Crippen MR) is 95.0 cm³/mol. The van der Waals surface area contributed by atoms with E-state index >= 15 is 0 Å². The number of fused-ring (bicyclic) bond motifs is 2. The first-order valence-corrected chi connectivity index (χ1v) is 7.94. The first kappa shape index (κ1) is 14.5. The summed E-state index contributed by atoms with van der Waals surface area (Å²) in [6.07, 6.45) is 1.87. The van der Waals surface area contributed by atoms with Gasteiger partial charge < -0.3 is 15.3 Å². The van der Waals surface area contributed by atoms with Crippen LogP contribution in [0.1, 0.15) is 34.7 Å². The fraction of sp³-hybridized carbons (Fsp3) is 0.158. The Labute approximate surface area is 139 Å².